The zero-order valence-electron chi connectivity index (χ0n) is 24.5. The Labute approximate surface area is 225 Å². The van der Waals surface area contributed by atoms with Crippen LogP contribution in [-0.2, 0) is 22.7 Å². The van der Waals surface area contributed by atoms with E-state index >= 15 is 0 Å². The quantitative estimate of drug-likeness (QED) is 0.316. The van der Waals surface area contributed by atoms with Crippen LogP contribution >= 0.6 is 8.60 Å². The molecule has 0 bridgehead atoms. The molecule has 0 fully saturated rings. The summed E-state index contributed by atoms with van der Waals surface area (Å²) in [5, 5.41) is 0. The van der Waals surface area contributed by atoms with Crippen LogP contribution in [0.3, 0.4) is 0 Å². The highest BCUT2D eigenvalue weighted by Gasteiger charge is 2.34. The molecule has 1 aliphatic heterocycles. The summed E-state index contributed by atoms with van der Waals surface area (Å²) in [5.74, 6) is 2.52. The van der Waals surface area contributed by atoms with E-state index in [-0.39, 0.29) is 16.2 Å². The Kier molecular flexibility index (Phi) is 7.19. The van der Waals surface area contributed by atoms with Crippen molar-refractivity contribution in [1.82, 2.24) is 0 Å². The molecule has 3 aromatic carbocycles. The maximum absolute atomic E-state index is 6.73. The summed E-state index contributed by atoms with van der Waals surface area (Å²) in [6, 6.07) is 17.3. The van der Waals surface area contributed by atoms with Crippen molar-refractivity contribution in [3.8, 4) is 17.2 Å². The lowest BCUT2D eigenvalue weighted by Gasteiger charge is -2.32. The standard InChI is InChI=1S/C33H43O3P/c1-21-16-23-20-24-17-22(2)19-28(33(9,10)11)30(24)36-37(35-29(23)27(18-21)32(6,7)8)34-26-14-12-25(13-15-26)31(3,4)5/h12-19H,20H2,1-11H3. The van der Waals surface area contributed by atoms with E-state index < -0.39 is 8.60 Å². The third kappa shape index (κ3) is 6.15. The lowest BCUT2D eigenvalue weighted by molar-refractivity contribution is 0.370. The summed E-state index contributed by atoms with van der Waals surface area (Å²) in [5.41, 5.74) is 8.36. The van der Waals surface area contributed by atoms with E-state index in [0.29, 0.717) is 0 Å². The molecule has 1 heterocycles. The molecule has 1 aliphatic rings. The van der Waals surface area contributed by atoms with Gasteiger partial charge in [0.2, 0.25) is 0 Å². The van der Waals surface area contributed by atoms with Crippen molar-refractivity contribution in [3.63, 3.8) is 0 Å². The fourth-order valence-corrected chi connectivity index (χ4v) is 5.94. The third-order valence-electron chi connectivity index (χ3n) is 6.85. The molecule has 0 aromatic heterocycles. The molecule has 0 saturated carbocycles. The summed E-state index contributed by atoms with van der Waals surface area (Å²) in [7, 11) is -1.75. The predicted molar refractivity (Wildman–Crippen MR) is 157 cm³/mol. The van der Waals surface area contributed by atoms with Crippen molar-refractivity contribution >= 4 is 8.60 Å². The van der Waals surface area contributed by atoms with Gasteiger partial charge in [-0.2, -0.15) is 0 Å². The lowest BCUT2D eigenvalue weighted by Crippen LogP contribution is -2.19. The zero-order valence-corrected chi connectivity index (χ0v) is 25.4. The number of hydrogen-bond acceptors (Lipinski definition) is 3. The molecule has 0 N–H and O–H groups in total. The van der Waals surface area contributed by atoms with E-state index in [0.717, 1.165) is 23.7 Å². The molecule has 3 nitrogen and oxygen atoms in total. The van der Waals surface area contributed by atoms with Crippen LogP contribution in [0.4, 0.5) is 0 Å². The van der Waals surface area contributed by atoms with E-state index in [1.165, 1.54) is 38.9 Å². The van der Waals surface area contributed by atoms with E-state index in [2.05, 4.69) is 113 Å². The van der Waals surface area contributed by atoms with Crippen LogP contribution in [0.25, 0.3) is 0 Å². The fraction of sp³-hybridized carbons (Fsp3) is 0.455. The van der Waals surface area contributed by atoms with Crippen LogP contribution in [0.5, 0.6) is 17.2 Å². The molecule has 0 amide bonds. The highest BCUT2D eigenvalue weighted by molar-refractivity contribution is 7.43. The molecule has 0 aliphatic carbocycles. The molecule has 4 heteroatoms. The van der Waals surface area contributed by atoms with Crippen molar-refractivity contribution < 1.29 is 13.6 Å². The van der Waals surface area contributed by atoms with Crippen molar-refractivity contribution in [2.45, 2.75) is 98.8 Å². The van der Waals surface area contributed by atoms with Crippen LogP contribution in [0, 0.1) is 13.8 Å². The Hall–Kier alpha value is -2.51. The minimum absolute atomic E-state index is 0.0773. The van der Waals surface area contributed by atoms with Gasteiger partial charge in [0.15, 0.2) is 0 Å². The average Bonchev–Trinajstić information content (AvgIpc) is 2.73. The Morgan fingerprint density at radius 2 is 1.05 bits per heavy atom. The molecule has 0 radical (unpaired) electrons. The van der Waals surface area contributed by atoms with Gasteiger partial charge in [0.25, 0.3) is 0 Å². The monoisotopic (exact) mass is 518 g/mol. The smallest absolute Gasteiger partial charge is 0.409 e. The molecule has 0 spiro atoms. The molecule has 0 unspecified atom stereocenters. The van der Waals surface area contributed by atoms with E-state index in [1.54, 1.807) is 0 Å². The van der Waals surface area contributed by atoms with Crippen molar-refractivity contribution in [1.29, 1.82) is 0 Å². The maximum atomic E-state index is 6.73. The molecular formula is C33H43O3P. The number of hydrogen-bond donors (Lipinski definition) is 0. The topological polar surface area (TPSA) is 27.7 Å². The first kappa shape index (κ1) is 27.5. The van der Waals surface area contributed by atoms with Crippen molar-refractivity contribution in [2.24, 2.45) is 0 Å². The third-order valence-corrected chi connectivity index (χ3v) is 7.87. The van der Waals surface area contributed by atoms with Gasteiger partial charge in [0.1, 0.15) is 17.2 Å². The fourth-order valence-electron chi connectivity index (χ4n) is 4.80. The van der Waals surface area contributed by atoms with Crippen LogP contribution < -0.4 is 13.6 Å². The van der Waals surface area contributed by atoms with Crippen LogP contribution in [0.15, 0.2) is 48.5 Å². The van der Waals surface area contributed by atoms with E-state index in [9.17, 15) is 0 Å². The van der Waals surface area contributed by atoms with Crippen LogP contribution in [0.1, 0.15) is 101 Å². The highest BCUT2D eigenvalue weighted by Crippen LogP contribution is 2.52. The van der Waals surface area contributed by atoms with Gasteiger partial charge in [0, 0.05) is 17.5 Å². The van der Waals surface area contributed by atoms with Gasteiger partial charge in [-0.15, -0.1) is 0 Å². The predicted octanol–water partition coefficient (Wildman–Crippen LogP) is 9.86. The average molecular weight is 519 g/mol. The summed E-state index contributed by atoms with van der Waals surface area (Å²) in [4.78, 5) is 0. The minimum atomic E-state index is -1.75. The Morgan fingerprint density at radius 1 is 0.622 bits per heavy atom. The Bertz CT molecular complexity index is 1210. The first-order valence-electron chi connectivity index (χ1n) is 13.2. The molecular weight excluding hydrogens is 475 g/mol. The second-order valence-electron chi connectivity index (χ2n) is 13.6. The van der Waals surface area contributed by atoms with Gasteiger partial charge < -0.3 is 13.6 Å². The van der Waals surface area contributed by atoms with Gasteiger partial charge in [0.05, 0.1) is 0 Å². The lowest BCUT2D eigenvalue weighted by atomic mass is 9.81. The molecule has 37 heavy (non-hydrogen) atoms. The Morgan fingerprint density at radius 3 is 1.43 bits per heavy atom. The summed E-state index contributed by atoms with van der Waals surface area (Å²) >= 11 is 0. The van der Waals surface area contributed by atoms with Crippen LogP contribution in [0.2, 0.25) is 0 Å². The number of rotatable bonds is 2. The second kappa shape index (κ2) is 9.66. The molecule has 198 valence electrons. The number of benzene rings is 3. The first-order valence-corrected chi connectivity index (χ1v) is 14.3. The normalized spacial score (nSPS) is 14.6. The largest absolute Gasteiger partial charge is 0.530 e. The Balaban J connectivity index is 1.87. The summed E-state index contributed by atoms with van der Waals surface area (Å²) in [6.45, 7) is 24.4. The highest BCUT2D eigenvalue weighted by atomic mass is 31.2. The van der Waals surface area contributed by atoms with Gasteiger partial charge >= 0.3 is 8.60 Å². The first-order chi connectivity index (χ1) is 17.0. The SMILES string of the molecule is Cc1cc2c(c(C(C)(C)C)c1)OP(Oc1ccc(C(C)(C)C)cc1)Oc1c(cc(C)cc1C(C)(C)C)C2. The minimum Gasteiger partial charge on any atom is -0.409 e. The van der Waals surface area contributed by atoms with Gasteiger partial charge in [-0.25, -0.2) is 0 Å². The second-order valence-corrected chi connectivity index (χ2v) is 14.5. The zero-order chi connectivity index (χ0) is 27.3. The van der Waals surface area contributed by atoms with Crippen molar-refractivity contribution in [3.05, 3.63) is 87.5 Å². The van der Waals surface area contributed by atoms with Gasteiger partial charge in [-0.3, -0.25) is 0 Å². The number of aryl methyl sites for hydroxylation is 2. The molecule has 4 rings (SSSR count). The molecule has 0 saturated heterocycles. The van der Waals surface area contributed by atoms with E-state index in [4.69, 9.17) is 13.6 Å². The van der Waals surface area contributed by atoms with E-state index in [1.807, 2.05) is 12.1 Å². The van der Waals surface area contributed by atoms with Gasteiger partial charge in [-0.05, 0) is 58.9 Å². The van der Waals surface area contributed by atoms with Crippen molar-refractivity contribution in [2.75, 3.05) is 0 Å². The van der Waals surface area contributed by atoms with Gasteiger partial charge in [-0.1, -0.05) is 110 Å². The summed E-state index contributed by atoms with van der Waals surface area (Å²) in [6.07, 6.45) is 0.754. The molecule has 3 aromatic rings. The maximum Gasteiger partial charge on any atom is 0.530 e. The van der Waals surface area contributed by atoms with Crippen LogP contribution in [-0.4, -0.2) is 0 Å². The number of fused-ring (bicyclic) bond motifs is 2. The summed E-state index contributed by atoms with van der Waals surface area (Å²) < 4.78 is 19.9. The molecule has 0 atom stereocenters.